The van der Waals surface area contributed by atoms with Gasteiger partial charge in [-0.1, -0.05) is 11.6 Å². The minimum atomic E-state index is -0.113. The fraction of sp³-hybridized carbons (Fsp3) is 0.267. The lowest BCUT2D eigenvalue weighted by Gasteiger charge is -2.35. The molecule has 1 aliphatic heterocycles. The van der Waals surface area contributed by atoms with E-state index in [0.29, 0.717) is 18.8 Å². The number of hydrogen-bond acceptors (Lipinski definition) is 3. The van der Waals surface area contributed by atoms with Crippen molar-refractivity contribution < 1.29 is 9.21 Å². The average Bonchev–Trinajstić information content (AvgIpc) is 2.94. The number of furan rings is 1. The second-order valence-electron chi connectivity index (χ2n) is 4.86. The molecular formula is C15H14Cl2N2O2. The van der Waals surface area contributed by atoms with E-state index in [4.69, 9.17) is 27.6 Å². The highest BCUT2D eigenvalue weighted by atomic mass is 35.5. The summed E-state index contributed by atoms with van der Waals surface area (Å²) in [6, 6.07) is 10.9. The molecule has 1 aromatic heterocycles. The van der Waals surface area contributed by atoms with Gasteiger partial charge in [-0.05, 0) is 48.0 Å². The quantitative estimate of drug-likeness (QED) is 0.847. The fourth-order valence-electron chi connectivity index (χ4n) is 2.40. The van der Waals surface area contributed by atoms with Crippen LogP contribution in [0.25, 0.3) is 0 Å². The summed E-state index contributed by atoms with van der Waals surface area (Å²) < 4.78 is 5.17. The van der Waals surface area contributed by atoms with Crippen molar-refractivity contribution in [1.82, 2.24) is 4.90 Å². The first-order chi connectivity index (χ1) is 10.1. The van der Waals surface area contributed by atoms with E-state index in [0.717, 1.165) is 23.8 Å². The zero-order valence-electron chi connectivity index (χ0n) is 11.3. The number of benzene rings is 1. The zero-order valence-corrected chi connectivity index (χ0v) is 12.8. The number of hydrogen-bond donors (Lipinski definition) is 0. The highest BCUT2D eigenvalue weighted by Crippen LogP contribution is 2.21. The molecule has 2 aromatic rings. The van der Waals surface area contributed by atoms with E-state index in [1.54, 1.807) is 17.0 Å². The van der Waals surface area contributed by atoms with Crippen LogP contribution >= 0.6 is 23.2 Å². The molecule has 0 unspecified atom stereocenters. The molecule has 1 saturated heterocycles. The molecule has 0 bridgehead atoms. The third-order valence-corrected chi connectivity index (χ3v) is 4.00. The van der Waals surface area contributed by atoms with Crippen LogP contribution in [0.1, 0.15) is 10.6 Å². The molecule has 21 heavy (non-hydrogen) atoms. The molecular weight excluding hydrogens is 311 g/mol. The topological polar surface area (TPSA) is 36.7 Å². The largest absolute Gasteiger partial charge is 0.440 e. The van der Waals surface area contributed by atoms with Gasteiger partial charge in [-0.15, -0.1) is 0 Å². The van der Waals surface area contributed by atoms with E-state index in [2.05, 4.69) is 4.90 Å². The van der Waals surface area contributed by atoms with Gasteiger partial charge in [0.2, 0.25) is 0 Å². The van der Waals surface area contributed by atoms with Crippen LogP contribution in [-0.2, 0) is 0 Å². The van der Waals surface area contributed by atoms with Crippen molar-refractivity contribution in [1.29, 1.82) is 0 Å². The smallest absolute Gasteiger partial charge is 0.289 e. The third kappa shape index (κ3) is 3.17. The Balaban J connectivity index is 1.62. The molecule has 0 atom stereocenters. The summed E-state index contributed by atoms with van der Waals surface area (Å²) in [7, 11) is 0. The van der Waals surface area contributed by atoms with Gasteiger partial charge < -0.3 is 14.2 Å². The van der Waals surface area contributed by atoms with Gasteiger partial charge in [-0.2, -0.15) is 0 Å². The van der Waals surface area contributed by atoms with Crippen molar-refractivity contribution in [2.45, 2.75) is 0 Å². The Bertz CT molecular complexity index is 631. The molecule has 110 valence electrons. The Morgan fingerprint density at radius 3 is 2.19 bits per heavy atom. The summed E-state index contributed by atoms with van der Waals surface area (Å²) >= 11 is 11.6. The Morgan fingerprint density at radius 1 is 0.952 bits per heavy atom. The molecule has 1 amide bonds. The van der Waals surface area contributed by atoms with E-state index in [9.17, 15) is 4.79 Å². The Morgan fingerprint density at radius 2 is 1.62 bits per heavy atom. The van der Waals surface area contributed by atoms with E-state index < -0.39 is 0 Å². The van der Waals surface area contributed by atoms with Gasteiger partial charge in [0.15, 0.2) is 11.0 Å². The van der Waals surface area contributed by atoms with Gasteiger partial charge in [0.25, 0.3) is 5.91 Å². The summed E-state index contributed by atoms with van der Waals surface area (Å²) in [5, 5.41) is 0.959. The van der Waals surface area contributed by atoms with Crippen molar-refractivity contribution >= 4 is 34.8 Å². The fourth-order valence-corrected chi connectivity index (χ4v) is 2.68. The van der Waals surface area contributed by atoms with Gasteiger partial charge in [-0.25, -0.2) is 0 Å². The summed E-state index contributed by atoms with van der Waals surface area (Å²) in [5.41, 5.74) is 1.12. The lowest BCUT2D eigenvalue weighted by molar-refractivity contribution is 0.0715. The molecule has 1 fully saturated rings. The molecule has 0 spiro atoms. The Labute approximate surface area is 132 Å². The highest BCUT2D eigenvalue weighted by Gasteiger charge is 2.24. The number of rotatable bonds is 2. The van der Waals surface area contributed by atoms with E-state index >= 15 is 0 Å². The van der Waals surface area contributed by atoms with Crippen LogP contribution in [0.2, 0.25) is 10.2 Å². The van der Waals surface area contributed by atoms with Crippen molar-refractivity contribution in [3.8, 4) is 0 Å². The molecule has 1 aromatic carbocycles. The molecule has 0 saturated carbocycles. The monoisotopic (exact) mass is 324 g/mol. The van der Waals surface area contributed by atoms with Crippen LogP contribution in [0.5, 0.6) is 0 Å². The van der Waals surface area contributed by atoms with Crippen molar-refractivity contribution in [2.24, 2.45) is 0 Å². The Hall–Kier alpha value is -1.65. The number of nitrogens with zero attached hydrogens (tertiary/aromatic N) is 2. The number of anilines is 1. The summed E-state index contributed by atoms with van der Waals surface area (Å²) in [5.74, 6) is 0.178. The van der Waals surface area contributed by atoms with Crippen molar-refractivity contribution in [2.75, 3.05) is 31.1 Å². The SMILES string of the molecule is O=C(c1ccc(Cl)o1)N1CCN(c2ccc(Cl)cc2)CC1. The lowest BCUT2D eigenvalue weighted by atomic mass is 10.2. The minimum absolute atomic E-state index is 0.113. The van der Waals surface area contributed by atoms with E-state index in [-0.39, 0.29) is 11.1 Å². The highest BCUT2D eigenvalue weighted by molar-refractivity contribution is 6.30. The van der Waals surface area contributed by atoms with Crippen LogP contribution in [0.3, 0.4) is 0 Å². The summed E-state index contributed by atoms with van der Waals surface area (Å²) in [6.07, 6.45) is 0. The van der Waals surface area contributed by atoms with E-state index in [1.807, 2.05) is 24.3 Å². The van der Waals surface area contributed by atoms with Crippen LogP contribution in [0, 0.1) is 0 Å². The minimum Gasteiger partial charge on any atom is -0.440 e. The van der Waals surface area contributed by atoms with Crippen LogP contribution in [0.15, 0.2) is 40.8 Å². The number of carbonyl (C=O) groups excluding carboxylic acids is 1. The maximum atomic E-state index is 12.2. The molecule has 4 nitrogen and oxygen atoms in total. The zero-order chi connectivity index (χ0) is 14.8. The molecule has 0 N–H and O–H groups in total. The molecule has 0 aliphatic carbocycles. The van der Waals surface area contributed by atoms with Crippen molar-refractivity contribution in [3.05, 3.63) is 52.4 Å². The van der Waals surface area contributed by atoms with Gasteiger partial charge >= 0.3 is 0 Å². The van der Waals surface area contributed by atoms with E-state index in [1.165, 1.54) is 0 Å². The summed E-state index contributed by atoms with van der Waals surface area (Å²) in [6.45, 7) is 2.86. The predicted octanol–water partition coefficient (Wildman–Crippen LogP) is 3.55. The molecule has 1 aliphatic rings. The molecule has 2 heterocycles. The normalized spacial score (nSPS) is 15.3. The summed E-state index contributed by atoms with van der Waals surface area (Å²) in [4.78, 5) is 16.2. The number of piperazine rings is 1. The lowest BCUT2D eigenvalue weighted by Crippen LogP contribution is -2.48. The first-order valence-electron chi connectivity index (χ1n) is 6.68. The Kier molecular flexibility index (Phi) is 4.08. The number of halogens is 2. The second-order valence-corrected chi connectivity index (χ2v) is 5.67. The molecule has 0 radical (unpaired) electrons. The van der Waals surface area contributed by atoms with Gasteiger partial charge in [0.1, 0.15) is 0 Å². The number of amides is 1. The predicted molar refractivity (Wildman–Crippen MR) is 83.3 cm³/mol. The molecule has 6 heteroatoms. The van der Waals surface area contributed by atoms with Crippen LogP contribution < -0.4 is 4.90 Å². The maximum Gasteiger partial charge on any atom is 0.289 e. The van der Waals surface area contributed by atoms with Crippen molar-refractivity contribution in [3.63, 3.8) is 0 Å². The second kappa shape index (κ2) is 6.00. The van der Waals surface area contributed by atoms with Crippen LogP contribution in [0.4, 0.5) is 5.69 Å². The first kappa shape index (κ1) is 14.3. The van der Waals surface area contributed by atoms with Gasteiger partial charge in [0.05, 0.1) is 0 Å². The van der Waals surface area contributed by atoms with Gasteiger partial charge in [0, 0.05) is 36.9 Å². The first-order valence-corrected chi connectivity index (χ1v) is 7.44. The van der Waals surface area contributed by atoms with Gasteiger partial charge in [-0.3, -0.25) is 4.79 Å². The molecule has 3 rings (SSSR count). The average molecular weight is 325 g/mol. The number of carbonyl (C=O) groups is 1. The maximum absolute atomic E-state index is 12.2. The standard InChI is InChI=1S/C15H14Cl2N2O2/c16-11-1-3-12(4-2-11)18-7-9-19(10-8-18)15(20)13-5-6-14(17)21-13/h1-6H,7-10H2. The third-order valence-electron chi connectivity index (χ3n) is 3.54. The van der Waals surface area contributed by atoms with Crippen LogP contribution in [-0.4, -0.2) is 37.0 Å².